The molecular formula is C49H66N12O3. The van der Waals surface area contributed by atoms with Gasteiger partial charge in [-0.3, -0.25) is 14.4 Å². The summed E-state index contributed by atoms with van der Waals surface area (Å²) in [4.78, 5) is 43.9. The number of nitrogens with zero attached hydrogens (tertiary/aromatic N) is 9. The first-order valence-electron chi connectivity index (χ1n) is 22.7. The number of anilines is 6. The van der Waals surface area contributed by atoms with E-state index in [0.717, 1.165) is 125 Å². The molecule has 1 fully saturated rings. The molecule has 3 aromatic heterocycles. The molecule has 0 aliphatic carbocycles. The molecule has 0 spiro atoms. The minimum absolute atomic E-state index is 0.251. The van der Waals surface area contributed by atoms with E-state index < -0.39 is 0 Å². The van der Waals surface area contributed by atoms with Crippen molar-refractivity contribution < 1.29 is 0 Å². The Kier molecular flexibility index (Phi) is 18.6. The molecule has 1 saturated heterocycles. The highest BCUT2D eigenvalue weighted by Gasteiger charge is 2.19. The normalized spacial score (nSPS) is 12.1. The third-order valence-electron chi connectivity index (χ3n) is 10.9. The molecule has 6 N–H and O–H groups in total. The van der Waals surface area contributed by atoms with Crippen LogP contribution in [0.2, 0.25) is 0 Å². The van der Waals surface area contributed by atoms with Gasteiger partial charge >= 0.3 is 0 Å². The van der Waals surface area contributed by atoms with Crippen molar-refractivity contribution in [3.63, 3.8) is 0 Å². The summed E-state index contributed by atoms with van der Waals surface area (Å²) in [5.74, 6) is 0. The van der Waals surface area contributed by atoms with Crippen LogP contribution >= 0.6 is 0 Å². The van der Waals surface area contributed by atoms with E-state index in [4.69, 9.17) is 17.2 Å². The summed E-state index contributed by atoms with van der Waals surface area (Å²) in [6, 6.07) is 28.0. The molecule has 3 aromatic carbocycles. The Balaban J connectivity index is 0.000000181. The molecule has 0 unspecified atom stereocenters. The number of para-hydroxylation sites is 3. The number of nitrogen functional groups attached to an aromatic ring is 3. The lowest BCUT2D eigenvalue weighted by Gasteiger charge is -2.29. The number of piperidine rings is 1. The second-order valence-electron chi connectivity index (χ2n) is 15.7. The second-order valence-corrected chi connectivity index (χ2v) is 15.7. The van der Waals surface area contributed by atoms with Crippen LogP contribution in [0, 0.1) is 0 Å². The van der Waals surface area contributed by atoms with Crippen molar-refractivity contribution in [1.29, 1.82) is 0 Å². The van der Waals surface area contributed by atoms with Crippen LogP contribution < -0.4 is 48.6 Å². The molecule has 6 aromatic rings. The molecule has 15 heteroatoms. The topological polar surface area (TPSA) is 192 Å². The van der Waals surface area contributed by atoms with Crippen molar-refractivity contribution in [2.24, 2.45) is 0 Å². The van der Waals surface area contributed by atoms with Crippen LogP contribution in [0.5, 0.6) is 0 Å². The van der Waals surface area contributed by atoms with E-state index in [1.807, 2.05) is 91.0 Å². The minimum atomic E-state index is -0.268. The molecule has 7 rings (SSSR count). The van der Waals surface area contributed by atoms with Gasteiger partial charge in [0.1, 0.15) is 17.1 Å². The van der Waals surface area contributed by atoms with Crippen LogP contribution in [-0.2, 0) is 0 Å². The minimum Gasteiger partial charge on any atom is -0.392 e. The quantitative estimate of drug-likeness (QED) is 0.0871. The Hall–Kier alpha value is -6.90. The van der Waals surface area contributed by atoms with Crippen LogP contribution in [0.15, 0.2) is 124 Å². The van der Waals surface area contributed by atoms with Gasteiger partial charge in [-0.2, -0.15) is 29.3 Å². The molecule has 0 bridgehead atoms. The molecule has 0 atom stereocenters. The van der Waals surface area contributed by atoms with Gasteiger partial charge in [-0.05, 0) is 81.3 Å². The summed E-state index contributed by atoms with van der Waals surface area (Å²) in [5.41, 5.74) is 22.7. The smallest absolute Gasteiger partial charge is 0.296 e. The van der Waals surface area contributed by atoms with Crippen molar-refractivity contribution >= 4 is 34.1 Å². The molecule has 0 amide bonds. The summed E-state index contributed by atoms with van der Waals surface area (Å²) < 4.78 is 4.05. The molecule has 0 radical (unpaired) electrons. The highest BCUT2D eigenvalue weighted by Crippen LogP contribution is 2.24. The van der Waals surface area contributed by atoms with Gasteiger partial charge in [-0.1, -0.05) is 95.1 Å². The Bertz CT molecular complexity index is 2490. The Morgan fingerprint density at radius 2 is 0.828 bits per heavy atom. The lowest BCUT2D eigenvalue weighted by molar-refractivity contribution is 0.576. The summed E-state index contributed by atoms with van der Waals surface area (Å²) in [6.45, 7) is 14.0. The molecular weight excluding hydrogens is 805 g/mol. The average Bonchev–Trinajstić information content (AvgIpc) is 3.33. The van der Waals surface area contributed by atoms with E-state index in [-0.39, 0.29) is 33.7 Å². The highest BCUT2D eigenvalue weighted by molar-refractivity contribution is 5.67. The third-order valence-corrected chi connectivity index (χ3v) is 10.9. The first kappa shape index (κ1) is 48.1. The van der Waals surface area contributed by atoms with Gasteiger partial charge in [0.05, 0.1) is 52.7 Å². The van der Waals surface area contributed by atoms with Crippen LogP contribution in [0.4, 0.5) is 34.1 Å². The van der Waals surface area contributed by atoms with Gasteiger partial charge in [0.2, 0.25) is 0 Å². The van der Waals surface area contributed by atoms with E-state index in [1.165, 1.54) is 20.5 Å². The number of hydrogen-bond donors (Lipinski definition) is 3. The fourth-order valence-corrected chi connectivity index (χ4v) is 7.47. The Labute approximate surface area is 376 Å². The van der Waals surface area contributed by atoms with Crippen molar-refractivity contribution in [3.8, 4) is 17.1 Å². The lowest BCUT2D eigenvalue weighted by atomic mass is 10.1. The largest absolute Gasteiger partial charge is 0.392 e. The molecule has 4 heterocycles. The Morgan fingerprint density at radius 1 is 0.469 bits per heavy atom. The molecule has 15 nitrogen and oxygen atoms in total. The van der Waals surface area contributed by atoms with Gasteiger partial charge < -0.3 is 31.9 Å². The van der Waals surface area contributed by atoms with Gasteiger partial charge in [-0.15, -0.1) is 0 Å². The molecule has 1 aliphatic heterocycles. The number of unbranched alkanes of at least 4 members (excludes halogenated alkanes) is 2. The summed E-state index contributed by atoms with van der Waals surface area (Å²) >= 11 is 0. The molecule has 0 saturated carbocycles. The van der Waals surface area contributed by atoms with Gasteiger partial charge in [0.15, 0.2) is 0 Å². The molecule has 340 valence electrons. The average molecular weight is 871 g/mol. The van der Waals surface area contributed by atoms with Crippen molar-refractivity contribution in [1.82, 2.24) is 29.3 Å². The zero-order valence-electron chi connectivity index (χ0n) is 38.0. The number of hydrogen-bond acceptors (Lipinski definition) is 12. The zero-order valence-corrected chi connectivity index (χ0v) is 38.0. The number of aromatic nitrogens is 6. The first-order chi connectivity index (χ1) is 31.1. The van der Waals surface area contributed by atoms with Gasteiger partial charge in [0, 0.05) is 39.3 Å². The van der Waals surface area contributed by atoms with Crippen LogP contribution in [0.25, 0.3) is 17.1 Å². The molecule has 1 aliphatic rings. The fraction of sp³-hybridized carbons (Fsp3) is 0.388. The summed E-state index contributed by atoms with van der Waals surface area (Å²) in [7, 11) is 0. The first-order valence-corrected chi connectivity index (χ1v) is 22.7. The van der Waals surface area contributed by atoms with E-state index in [0.29, 0.717) is 0 Å². The standard InChI is InChI=1S/C18H26N4O.C16H22N4O.C15H18N4O/c1-3-5-12-21(13-6-4-2)16-14-20-22(18(23)17(16)19)15-10-8-7-9-11-15;1-3-10-19(11-4-2)14-12-18-20(16(21)15(14)17)13-8-6-5-7-9-13;16-14-13(18-9-5-2-6-10-18)11-17-19(15(14)20)12-7-3-1-4-8-12/h7-11,14H,3-6,12-13,19H2,1-2H3;5-9,12H,3-4,10-11,17H2,1-2H3;1,3-4,7-8,11H,2,5-6,9-10,16H2. The van der Waals surface area contributed by atoms with Crippen LogP contribution in [0.3, 0.4) is 0 Å². The number of rotatable bonds is 16. The van der Waals surface area contributed by atoms with Gasteiger partial charge in [0.25, 0.3) is 16.7 Å². The maximum atomic E-state index is 12.6. The maximum Gasteiger partial charge on any atom is 0.296 e. The van der Waals surface area contributed by atoms with Crippen LogP contribution in [0.1, 0.15) is 85.5 Å². The Morgan fingerprint density at radius 3 is 1.20 bits per heavy atom. The number of nitrogens with two attached hydrogens (primary N) is 3. The van der Waals surface area contributed by atoms with E-state index >= 15 is 0 Å². The summed E-state index contributed by atoms with van der Waals surface area (Å²) in [6.07, 6.45) is 15.0. The second kappa shape index (κ2) is 24.7. The van der Waals surface area contributed by atoms with Crippen molar-refractivity contribution in [2.75, 3.05) is 71.2 Å². The van der Waals surface area contributed by atoms with Gasteiger partial charge in [-0.25, -0.2) is 0 Å². The SMILES string of the molecule is CCCCN(CCCC)c1cnn(-c2ccccc2)c(=O)c1N.CCCN(CCC)c1cnn(-c2ccccc2)c(=O)c1N.Nc1c(N2CCCCC2)cnn(-c2ccccc2)c1=O. The predicted molar refractivity (Wildman–Crippen MR) is 264 cm³/mol. The third kappa shape index (κ3) is 12.4. The monoisotopic (exact) mass is 871 g/mol. The van der Waals surface area contributed by atoms with Crippen molar-refractivity contribution in [3.05, 3.63) is 141 Å². The van der Waals surface area contributed by atoms with E-state index in [1.54, 1.807) is 18.6 Å². The maximum absolute atomic E-state index is 12.6. The van der Waals surface area contributed by atoms with E-state index in [2.05, 4.69) is 57.7 Å². The molecule has 64 heavy (non-hydrogen) atoms. The zero-order chi connectivity index (χ0) is 45.8. The number of benzene rings is 3. The van der Waals surface area contributed by atoms with Crippen LogP contribution in [-0.4, -0.2) is 68.6 Å². The lowest BCUT2D eigenvalue weighted by Crippen LogP contribution is -2.33. The summed E-state index contributed by atoms with van der Waals surface area (Å²) in [5, 5.41) is 12.9. The fourth-order valence-electron chi connectivity index (χ4n) is 7.47. The highest BCUT2D eigenvalue weighted by atomic mass is 16.1. The predicted octanol–water partition coefficient (Wildman–Crippen LogP) is 7.47. The van der Waals surface area contributed by atoms with Crippen molar-refractivity contribution in [2.45, 2.75) is 85.5 Å². The van der Waals surface area contributed by atoms with E-state index in [9.17, 15) is 14.4 Å².